The molecule has 21 heavy (non-hydrogen) atoms. The summed E-state index contributed by atoms with van der Waals surface area (Å²) in [5.74, 6) is -1.47. The predicted molar refractivity (Wildman–Crippen MR) is 75.5 cm³/mol. The number of hydrogen-bond donors (Lipinski definition) is 2. The molecule has 1 amide bonds. The topological polar surface area (TPSA) is 102 Å². The summed E-state index contributed by atoms with van der Waals surface area (Å²) in [6.07, 6.45) is -0.0545. The van der Waals surface area contributed by atoms with Crippen LogP contribution in [0.2, 0.25) is 0 Å². The van der Waals surface area contributed by atoms with E-state index in [4.69, 9.17) is 9.84 Å². The molecule has 0 aromatic heterocycles. The fourth-order valence-corrected chi connectivity index (χ4v) is 1.74. The Hall–Kier alpha value is -1.79. The number of carboxylic acids is 1. The summed E-state index contributed by atoms with van der Waals surface area (Å²) in [4.78, 5) is 33.3. The summed E-state index contributed by atoms with van der Waals surface area (Å²) in [7, 11) is 0. The smallest absolute Gasteiger partial charge is 0.410 e. The first-order valence-corrected chi connectivity index (χ1v) is 7.01. The lowest BCUT2D eigenvalue weighted by atomic mass is 9.94. The van der Waals surface area contributed by atoms with Gasteiger partial charge in [0.25, 0.3) is 0 Å². The summed E-state index contributed by atoms with van der Waals surface area (Å²) < 4.78 is 9.38. The van der Waals surface area contributed by atoms with E-state index in [-0.39, 0.29) is 24.8 Å². The van der Waals surface area contributed by atoms with Crippen LogP contribution >= 0.6 is 0 Å². The van der Waals surface area contributed by atoms with Crippen molar-refractivity contribution >= 4 is 18.0 Å². The molecular weight excluding hydrogens is 278 g/mol. The monoisotopic (exact) mass is 303 g/mol. The number of rotatable bonds is 9. The molecule has 0 aromatic carbocycles. The van der Waals surface area contributed by atoms with Crippen molar-refractivity contribution in [3.63, 3.8) is 0 Å². The summed E-state index contributed by atoms with van der Waals surface area (Å²) in [5.41, 5.74) is 0. The highest BCUT2D eigenvalue weighted by molar-refractivity contribution is 5.72. The number of nitrogens with one attached hydrogen (secondary N) is 1. The van der Waals surface area contributed by atoms with Crippen molar-refractivity contribution < 1.29 is 29.0 Å². The maximum absolute atomic E-state index is 11.4. The molecule has 0 aliphatic carbocycles. The molecule has 0 heterocycles. The van der Waals surface area contributed by atoms with Gasteiger partial charge in [0.05, 0.1) is 5.92 Å². The van der Waals surface area contributed by atoms with Crippen LogP contribution in [0.15, 0.2) is 0 Å². The van der Waals surface area contributed by atoms with Crippen LogP contribution in [0.5, 0.6) is 0 Å². The number of esters is 1. The molecule has 0 spiro atoms. The third-order valence-electron chi connectivity index (χ3n) is 2.67. The SMILES string of the molecule is CC(C)CC(CNC(=O)OCOC(=O)C(C)C)CC(=O)O. The minimum atomic E-state index is -0.901. The van der Waals surface area contributed by atoms with E-state index < -0.39 is 24.8 Å². The van der Waals surface area contributed by atoms with Crippen LogP contribution < -0.4 is 5.32 Å². The fourth-order valence-electron chi connectivity index (χ4n) is 1.74. The highest BCUT2D eigenvalue weighted by Crippen LogP contribution is 2.14. The average molecular weight is 303 g/mol. The number of carboxylic acid groups (broad SMARTS) is 1. The molecule has 1 atom stereocenters. The van der Waals surface area contributed by atoms with E-state index in [1.807, 2.05) is 13.8 Å². The molecule has 0 aromatic rings. The van der Waals surface area contributed by atoms with Crippen molar-refractivity contribution in [2.75, 3.05) is 13.3 Å². The summed E-state index contributed by atoms with van der Waals surface area (Å²) in [6.45, 7) is 7.07. The molecule has 0 aliphatic rings. The maximum Gasteiger partial charge on any atom is 0.410 e. The van der Waals surface area contributed by atoms with Crippen LogP contribution in [-0.4, -0.2) is 36.5 Å². The lowest BCUT2D eigenvalue weighted by molar-refractivity contribution is -0.155. The third kappa shape index (κ3) is 10.6. The molecule has 0 rings (SSSR count). The van der Waals surface area contributed by atoms with Crippen molar-refractivity contribution in [3.05, 3.63) is 0 Å². The van der Waals surface area contributed by atoms with E-state index in [0.29, 0.717) is 12.3 Å². The molecule has 0 aliphatic heterocycles. The zero-order valence-electron chi connectivity index (χ0n) is 13.0. The second-order valence-corrected chi connectivity index (χ2v) is 5.64. The van der Waals surface area contributed by atoms with Gasteiger partial charge in [-0.25, -0.2) is 4.79 Å². The van der Waals surface area contributed by atoms with Crippen molar-refractivity contribution in [2.45, 2.75) is 40.5 Å². The highest BCUT2D eigenvalue weighted by Gasteiger charge is 2.16. The Bertz CT molecular complexity index is 353. The standard InChI is InChI=1S/C14H25NO6/c1-9(2)5-11(6-12(16)17)7-15-14(19)21-8-20-13(18)10(3)4/h9-11H,5-8H2,1-4H3,(H,15,19)(H,16,17). The highest BCUT2D eigenvalue weighted by atomic mass is 16.7. The maximum atomic E-state index is 11.4. The minimum absolute atomic E-state index is 0.0131. The largest absolute Gasteiger partial charge is 0.481 e. The van der Waals surface area contributed by atoms with Gasteiger partial charge < -0.3 is 19.9 Å². The van der Waals surface area contributed by atoms with Gasteiger partial charge in [0, 0.05) is 13.0 Å². The first kappa shape index (κ1) is 19.2. The molecule has 7 nitrogen and oxygen atoms in total. The molecule has 7 heteroatoms. The molecular formula is C14H25NO6. The van der Waals surface area contributed by atoms with Gasteiger partial charge in [0.2, 0.25) is 6.79 Å². The van der Waals surface area contributed by atoms with Crippen molar-refractivity contribution in [2.24, 2.45) is 17.8 Å². The molecule has 1 unspecified atom stereocenters. The normalized spacial score (nSPS) is 12.1. The number of aliphatic carboxylic acids is 1. The number of carbonyl (C=O) groups is 3. The first-order chi connectivity index (χ1) is 9.72. The fraction of sp³-hybridized carbons (Fsp3) is 0.786. The Morgan fingerprint density at radius 3 is 2.19 bits per heavy atom. The zero-order valence-corrected chi connectivity index (χ0v) is 13.0. The minimum Gasteiger partial charge on any atom is -0.481 e. The Kier molecular flexibility index (Phi) is 9.16. The second kappa shape index (κ2) is 10.0. The van der Waals surface area contributed by atoms with Crippen molar-refractivity contribution in [3.8, 4) is 0 Å². The quantitative estimate of drug-likeness (QED) is 0.499. The van der Waals surface area contributed by atoms with E-state index in [1.54, 1.807) is 13.8 Å². The van der Waals surface area contributed by atoms with E-state index in [9.17, 15) is 14.4 Å². The summed E-state index contributed by atoms with van der Waals surface area (Å²) >= 11 is 0. The van der Waals surface area contributed by atoms with Crippen LogP contribution in [0.25, 0.3) is 0 Å². The number of ether oxygens (including phenoxy) is 2. The van der Waals surface area contributed by atoms with Gasteiger partial charge >= 0.3 is 18.0 Å². The number of amides is 1. The van der Waals surface area contributed by atoms with Crippen LogP contribution in [0.4, 0.5) is 4.79 Å². The van der Waals surface area contributed by atoms with Gasteiger partial charge in [0.1, 0.15) is 0 Å². The lowest BCUT2D eigenvalue weighted by Crippen LogP contribution is -2.32. The number of hydrogen-bond acceptors (Lipinski definition) is 5. The molecule has 2 N–H and O–H groups in total. The molecule has 0 saturated carbocycles. The summed E-state index contributed by atoms with van der Waals surface area (Å²) in [5, 5.41) is 11.3. The molecule has 122 valence electrons. The zero-order chi connectivity index (χ0) is 16.4. The lowest BCUT2D eigenvalue weighted by Gasteiger charge is -2.17. The van der Waals surface area contributed by atoms with Gasteiger partial charge in [0.15, 0.2) is 0 Å². The number of alkyl carbamates (subject to hydrolysis) is 1. The van der Waals surface area contributed by atoms with Crippen LogP contribution in [0.3, 0.4) is 0 Å². The van der Waals surface area contributed by atoms with E-state index in [0.717, 1.165) is 0 Å². The van der Waals surface area contributed by atoms with Gasteiger partial charge in [-0.1, -0.05) is 27.7 Å². The Balaban J connectivity index is 4.01. The average Bonchev–Trinajstić information content (AvgIpc) is 2.34. The molecule has 0 radical (unpaired) electrons. The number of carbonyl (C=O) groups excluding carboxylic acids is 2. The van der Waals surface area contributed by atoms with Crippen LogP contribution in [0, 0.1) is 17.8 Å². The molecule has 0 bridgehead atoms. The Labute approximate surface area is 125 Å². The Morgan fingerprint density at radius 2 is 1.71 bits per heavy atom. The summed E-state index contributed by atoms with van der Waals surface area (Å²) in [6, 6.07) is 0. The second-order valence-electron chi connectivity index (χ2n) is 5.64. The third-order valence-corrected chi connectivity index (χ3v) is 2.67. The Morgan fingerprint density at radius 1 is 1.10 bits per heavy atom. The predicted octanol–water partition coefficient (Wildman–Crippen LogP) is 2.01. The van der Waals surface area contributed by atoms with Gasteiger partial charge in [-0.05, 0) is 18.3 Å². The molecule has 0 fully saturated rings. The molecule has 0 saturated heterocycles. The van der Waals surface area contributed by atoms with Gasteiger partial charge in [-0.15, -0.1) is 0 Å². The van der Waals surface area contributed by atoms with Gasteiger partial charge in [-0.3, -0.25) is 9.59 Å². The van der Waals surface area contributed by atoms with Crippen molar-refractivity contribution in [1.82, 2.24) is 5.32 Å². The van der Waals surface area contributed by atoms with Crippen LogP contribution in [-0.2, 0) is 19.1 Å². The van der Waals surface area contributed by atoms with E-state index in [2.05, 4.69) is 10.1 Å². The first-order valence-electron chi connectivity index (χ1n) is 7.01. The van der Waals surface area contributed by atoms with E-state index >= 15 is 0 Å². The van der Waals surface area contributed by atoms with Gasteiger partial charge in [-0.2, -0.15) is 0 Å². The van der Waals surface area contributed by atoms with Crippen molar-refractivity contribution in [1.29, 1.82) is 0 Å². The van der Waals surface area contributed by atoms with E-state index in [1.165, 1.54) is 0 Å². The van der Waals surface area contributed by atoms with Crippen LogP contribution in [0.1, 0.15) is 40.5 Å².